The smallest absolute Gasteiger partial charge is 0.404 e. The largest absolute Gasteiger partial charge is 0.573 e. The molecule has 0 spiro atoms. The van der Waals surface area contributed by atoms with Crippen LogP contribution in [0.1, 0.15) is 11.1 Å². The molecule has 0 fully saturated rings. The molecule has 3 N–H and O–H groups in total. The molecule has 10 heteroatoms. The molecule has 2 aromatic carbocycles. The van der Waals surface area contributed by atoms with E-state index in [1.807, 2.05) is 0 Å². The van der Waals surface area contributed by atoms with Crippen LogP contribution in [0.4, 0.5) is 32.0 Å². The van der Waals surface area contributed by atoms with Crippen LogP contribution in [0.5, 0.6) is 5.75 Å². The lowest BCUT2D eigenvalue weighted by molar-refractivity contribution is -0.274. The normalized spacial score (nSPS) is 12.8. The first-order valence-electron chi connectivity index (χ1n) is 7.12. The van der Waals surface area contributed by atoms with E-state index in [-0.39, 0.29) is 18.2 Å². The molecule has 0 radical (unpaired) electrons. The van der Waals surface area contributed by atoms with E-state index in [0.717, 1.165) is 18.2 Å². The third-order valence-electron chi connectivity index (χ3n) is 3.09. The number of hydrogen-bond acceptors (Lipinski definition) is 2. The summed E-state index contributed by atoms with van der Waals surface area (Å²) in [5.41, 5.74) is 5.20. The Morgan fingerprint density at radius 1 is 0.962 bits per heavy atom. The van der Waals surface area contributed by atoms with Crippen molar-refractivity contribution in [2.24, 2.45) is 10.7 Å². The predicted octanol–water partition coefficient (Wildman–Crippen LogP) is 4.53. The maximum absolute atomic E-state index is 12.5. The number of hydrogen-bond donors (Lipinski definition) is 2. The molecule has 0 aliphatic rings. The SMILES string of the molecule is NC(=NCc1ccc(C(F)(F)F)cc1)Nc1ccccc1OC(F)(F)F. The molecule has 0 bridgehead atoms. The van der Waals surface area contributed by atoms with Gasteiger partial charge in [-0.3, -0.25) is 0 Å². The highest BCUT2D eigenvalue weighted by atomic mass is 19.4. The van der Waals surface area contributed by atoms with Gasteiger partial charge in [-0.05, 0) is 29.8 Å². The van der Waals surface area contributed by atoms with Crippen molar-refractivity contribution in [3.63, 3.8) is 0 Å². The van der Waals surface area contributed by atoms with Gasteiger partial charge in [-0.15, -0.1) is 13.2 Å². The highest BCUT2D eigenvalue weighted by Gasteiger charge is 2.32. The Balaban J connectivity index is 2.05. The van der Waals surface area contributed by atoms with Gasteiger partial charge in [0, 0.05) is 0 Å². The summed E-state index contributed by atoms with van der Waals surface area (Å²) in [5, 5.41) is 2.46. The molecule has 0 saturated heterocycles. The fourth-order valence-electron chi connectivity index (χ4n) is 1.94. The van der Waals surface area contributed by atoms with Gasteiger partial charge in [0.15, 0.2) is 11.7 Å². The summed E-state index contributed by atoms with van der Waals surface area (Å²) in [7, 11) is 0. The maximum atomic E-state index is 12.5. The van der Waals surface area contributed by atoms with Crippen LogP contribution >= 0.6 is 0 Å². The number of benzene rings is 2. The molecule has 2 aromatic rings. The summed E-state index contributed by atoms with van der Waals surface area (Å²) in [6.07, 6.45) is -9.31. The number of nitrogens with zero attached hydrogens (tertiary/aromatic N) is 1. The standard InChI is InChI=1S/C16H13F6N3O/c17-15(18,19)11-7-5-10(6-8-11)9-24-14(23)25-12-3-1-2-4-13(12)26-16(20,21)22/h1-8H,9H2,(H3,23,24,25). The molecule has 0 aliphatic heterocycles. The zero-order valence-corrected chi connectivity index (χ0v) is 13.0. The van der Waals surface area contributed by atoms with Gasteiger partial charge in [0.25, 0.3) is 0 Å². The van der Waals surface area contributed by atoms with Gasteiger partial charge < -0.3 is 15.8 Å². The second-order valence-corrected chi connectivity index (χ2v) is 5.07. The fourth-order valence-corrected chi connectivity index (χ4v) is 1.94. The first-order valence-corrected chi connectivity index (χ1v) is 7.12. The van der Waals surface area contributed by atoms with Crippen LogP contribution < -0.4 is 15.8 Å². The third kappa shape index (κ3) is 5.87. The number of halogens is 6. The molecule has 0 saturated carbocycles. The molecular weight excluding hydrogens is 364 g/mol. The van der Waals surface area contributed by atoms with E-state index in [2.05, 4.69) is 15.0 Å². The van der Waals surface area contributed by atoms with E-state index in [1.54, 1.807) is 0 Å². The maximum Gasteiger partial charge on any atom is 0.573 e. The van der Waals surface area contributed by atoms with Gasteiger partial charge in [0.1, 0.15) is 0 Å². The number of rotatable bonds is 4. The van der Waals surface area contributed by atoms with Crippen LogP contribution in [-0.4, -0.2) is 12.3 Å². The van der Waals surface area contributed by atoms with Crippen molar-refractivity contribution in [2.45, 2.75) is 19.1 Å². The van der Waals surface area contributed by atoms with Crippen molar-refractivity contribution in [1.82, 2.24) is 0 Å². The number of ether oxygens (including phenoxy) is 1. The lowest BCUT2D eigenvalue weighted by atomic mass is 10.1. The highest BCUT2D eigenvalue weighted by Crippen LogP contribution is 2.30. The number of alkyl halides is 6. The van der Waals surface area contributed by atoms with Gasteiger partial charge in [-0.25, -0.2) is 4.99 Å². The summed E-state index contributed by atoms with van der Waals surface area (Å²) < 4.78 is 78.4. The Morgan fingerprint density at radius 3 is 2.15 bits per heavy atom. The summed E-state index contributed by atoms with van der Waals surface area (Å²) in [6.45, 7) is -0.0563. The molecule has 140 valence electrons. The van der Waals surface area contributed by atoms with E-state index in [0.29, 0.717) is 5.56 Å². The van der Waals surface area contributed by atoms with E-state index >= 15 is 0 Å². The molecule has 2 rings (SSSR count). The van der Waals surface area contributed by atoms with Crippen LogP contribution in [-0.2, 0) is 12.7 Å². The summed E-state index contributed by atoms with van der Waals surface area (Å²) in [5.74, 6) is -0.712. The number of nitrogens with two attached hydrogens (primary N) is 1. The van der Waals surface area contributed by atoms with E-state index in [4.69, 9.17) is 5.73 Å². The molecule has 0 aromatic heterocycles. The van der Waals surface area contributed by atoms with Crippen molar-refractivity contribution in [2.75, 3.05) is 5.32 Å². The second kappa shape index (κ2) is 7.54. The average Bonchev–Trinajstić information content (AvgIpc) is 2.53. The zero-order valence-electron chi connectivity index (χ0n) is 13.0. The topological polar surface area (TPSA) is 59.6 Å². The highest BCUT2D eigenvalue weighted by molar-refractivity contribution is 5.93. The van der Waals surface area contributed by atoms with Crippen molar-refractivity contribution in [1.29, 1.82) is 0 Å². The summed E-state index contributed by atoms with van der Waals surface area (Å²) in [4.78, 5) is 3.88. The van der Waals surface area contributed by atoms with E-state index in [1.165, 1.54) is 30.3 Å². The number of nitrogens with one attached hydrogen (secondary N) is 1. The zero-order chi connectivity index (χ0) is 19.4. The van der Waals surface area contributed by atoms with Gasteiger partial charge in [0.05, 0.1) is 17.8 Å². The Bertz CT molecular complexity index is 769. The first-order chi connectivity index (χ1) is 12.0. The fraction of sp³-hybridized carbons (Fsp3) is 0.188. The van der Waals surface area contributed by atoms with Gasteiger partial charge in [0.2, 0.25) is 0 Å². The van der Waals surface area contributed by atoms with Gasteiger partial charge >= 0.3 is 12.5 Å². The van der Waals surface area contributed by atoms with Crippen LogP contribution in [0.3, 0.4) is 0 Å². The lowest BCUT2D eigenvalue weighted by Crippen LogP contribution is -2.24. The Labute approximate surface area is 144 Å². The second-order valence-electron chi connectivity index (χ2n) is 5.07. The number of para-hydroxylation sites is 2. The van der Waals surface area contributed by atoms with Crippen molar-refractivity contribution in [3.8, 4) is 5.75 Å². The van der Waals surface area contributed by atoms with E-state index < -0.39 is 23.9 Å². The van der Waals surface area contributed by atoms with Gasteiger partial charge in [-0.2, -0.15) is 13.2 Å². The quantitative estimate of drug-likeness (QED) is 0.468. The molecule has 0 unspecified atom stereocenters. The molecule has 0 atom stereocenters. The van der Waals surface area contributed by atoms with Crippen molar-refractivity contribution in [3.05, 3.63) is 59.7 Å². The minimum atomic E-state index is -4.87. The minimum Gasteiger partial charge on any atom is -0.404 e. The first kappa shape index (κ1) is 19.4. The molecule has 0 amide bonds. The molecule has 0 heterocycles. The Hall–Kier alpha value is -2.91. The predicted molar refractivity (Wildman–Crippen MR) is 83.5 cm³/mol. The Kier molecular flexibility index (Phi) is 5.63. The van der Waals surface area contributed by atoms with Crippen LogP contribution in [0.15, 0.2) is 53.5 Å². The monoisotopic (exact) mass is 377 g/mol. The third-order valence-corrected chi connectivity index (χ3v) is 3.09. The molecular formula is C16H13F6N3O. The number of anilines is 1. The van der Waals surface area contributed by atoms with Crippen molar-refractivity contribution >= 4 is 11.6 Å². The average molecular weight is 377 g/mol. The van der Waals surface area contributed by atoms with Crippen molar-refractivity contribution < 1.29 is 31.1 Å². The number of aliphatic imine (C=N–C) groups is 1. The van der Waals surface area contributed by atoms with Crippen LogP contribution in [0.25, 0.3) is 0 Å². The van der Waals surface area contributed by atoms with Crippen LogP contribution in [0.2, 0.25) is 0 Å². The summed E-state index contributed by atoms with van der Waals surface area (Å²) >= 11 is 0. The van der Waals surface area contributed by atoms with E-state index in [9.17, 15) is 26.3 Å². The lowest BCUT2D eigenvalue weighted by Gasteiger charge is -2.14. The minimum absolute atomic E-state index is 0.0563. The molecule has 4 nitrogen and oxygen atoms in total. The van der Waals surface area contributed by atoms with Crippen LogP contribution in [0, 0.1) is 0 Å². The van der Waals surface area contributed by atoms with Gasteiger partial charge in [-0.1, -0.05) is 24.3 Å². The molecule has 0 aliphatic carbocycles. The molecule has 26 heavy (non-hydrogen) atoms. The Morgan fingerprint density at radius 2 is 1.58 bits per heavy atom. The summed E-state index contributed by atoms with van der Waals surface area (Å²) in [6, 6.07) is 9.50. The number of guanidine groups is 1.